The number of aromatic nitrogens is 2. The first kappa shape index (κ1) is 11.9. The minimum absolute atomic E-state index is 0.933. The van der Waals surface area contributed by atoms with Crippen LogP contribution in [0.15, 0.2) is 6.33 Å². The molecule has 3 rings (SSSR count). The first-order valence-corrected chi connectivity index (χ1v) is 7.23. The summed E-state index contributed by atoms with van der Waals surface area (Å²) in [4.78, 5) is 11.5. The third-order valence-electron chi connectivity index (χ3n) is 4.01. The summed E-state index contributed by atoms with van der Waals surface area (Å²) < 4.78 is 0. The molecule has 98 valence electrons. The van der Waals surface area contributed by atoms with Gasteiger partial charge in [-0.3, -0.25) is 0 Å². The number of anilines is 1. The van der Waals surface area contributed by atoms with E-state index in [2.05, 4.69) is 20.2 Å². The molecule has 1 N–H and O–H groups in total. The summed E-state index contributed by atoms with van der Waals surface area (Å²) in [6.07, 6.45) is 9.51. The largest absolute Gasteiger partial charge is 0.356 e. The Kier molecular flexibility index (Phi) is 3.74. The molecule has 4 heteroatoms. The SMILES string of the molecule is c1nc2c(c(N3CCCCCCC3)n1)CNCC2. The Labute approximate surface area is 109 Å². The molecular formula is C14H22N4. The number of nitrogens with one attached hydrogen (secondary N) is 1. The molecule has 18 heavy (non-hydrogen) atoms. The van der Waals surface area contributed by atoms with Crippen molar-refractivity contribution in [1.82, 2.24) is 15.3 Å². The normalized spacial score (nSPS) is 21.0. The van der Waals surface area contributed by atoms with Crippen LogP contribution < -0.4 is 10.2 Å². The van der Waals surface area contributed by atoms with Crippen LogP contribution in [0.1, 0.15) is 43.4 Å². The summed E-state index contributed by atoms with van der Waals surface area (Å²) in [5, 5.41) is 3.44. The lowest BCUT2D eigenvalue weighted by atomic mass is 10.1. The van der Waals surface area contributed by atoms with Crippen LogP contribution >= 0.6 is 0 Å². The summed E-state index contributed by atoms with van der Waals surface area (Å²) in [6, 6.07) is 0. The zero-order valence-electron chi connectivity index (χ0n) is 11.0. The van der Waals surface area contributed by atoms with Gasteiger partial charge in [0.1, 0.15) is 12.1 Å². The lowest BCUT2D eigenvalue weighted by Gasteiger charge is -2.29. The molecule has 0 bridgehead atoms. The summed E-state index contributed by atoms with van der Waals surface area (Å²) in [5.74, 6) is 1.19. The summed E-state index contributed by atoms with van der Waals surface area (Å²) in [6.45, 7) is 4.29. The molecule has 1 aromatic heterocycles. The van der Waals surface area contributed by atoms with Gasteiger partial charge in [0, 0.05) is 38.2 Å². The molecule has 0 spiro atoms. The Morgan fingerprint density at radius 1 is 1.00 bits per heavy atom. The Morgan fingerprint density at radius 3 is 2.61 bits per heavy atom. The van der Waals surface area contributed by atoms with E-state index in [4.69, 9.17) is 0 Å². The highest BCUT2D eigenvalue weighted by atomic mass is 15.2. The van der Waals surface area contributed by atoms with Crippen LogP contribution in [-0.4, -0.2) is 29.6 Å². The third-order valence-corrected chi connectivity index (χ3v) is 4.01. The number of hydrogen-bond acceptors (Lipinski definition) is 4. The minimum Gasteiger partial charge on any atom is -0.356 e. The Balaban J connectivity index is 1.85. The lowest BCUT2D eigenvalue weighted by molar-refractivity contribution is 0.547. The van der Waals surface area contributed by atoms with Crippen molar-refractivity contribution in [2.45, 2.75) is 45.1 Å². The van der Waals surface area contributed by atoms with Gasteiger partial charge in [-0.05, 0) is 12.8 Å². The van der Waals surface area contributed by atoms with Gasteiger partial charge in [0.05, 0.1) is 5.69 Å². The number of nitrogens with zero attached hydrogens (tertiary/aromatic N) is 3. The molecule has 1 saturated heterocycles. The predicted molar refractivity (Wildman–Crippen MR) is 72.7 cm³/mol. The van der Waals surface area contributed by atoms with E-state index in [1.165, 1.54) is 49.2 Å². The smallest absolute Gasteiger partial charge is 0.136 e. The minimum atomic E-state index is 0.933. The van der Waals surface area contributed by atoms with E-state index >= 15 is 0 Å². The molecule has 1 fully saturated rings. The number of rotatable bonds is 1. The van der Waals surface area contributed by atoms with Gasteiger partial charge in [0.15, 0.2) is 0 Å². The van der Waals surface area contributed by atoms with Crippen molar-refractivity contribution < 1.29 is 0 Å². The van der Waals surface area contributed by atoms with Gasteiger partial charge in [-0.15, -0.1) is 0 Å². The van der Waals surface area contributed by atoms with E-state index in [0.29, 0.717) is 0 Å². The molecule has 0 unspecified atom stereocenters. The van der Waals surface area contributed by atoms with Gasteiger partial charge >= 0.3 is 0 Å². The molecule has 0 radical (unpaired) electrons. The molecule has 0 saturated carbocycles. The fourth-order valence-electron chi connectivity index (χ4n) is 2.99. The lowest BCUT2D eigenvalue weighted by Crippen LogP contribution is -2.32. The van der Waals surface area contributed by atoms with Crippen molar-refractivity contribution in [2.75, 3.05) is 24.5 Å². The van der Waals surface area contributed by atoms with Crippen molar-refractivity contribution in [3.63, 3.8) is 0 Å². The highest BCUT2D eigenvalue weighted by Gasteiger charge is 2.19. The molecule has 3 heterocycles. The number of fused-ring (bicyclic) bond motifs is 1. The highest BCUT2D eigenvalue weighted by Crippen LogP contribution is 2.24. The van der Waals surface area contributed by atoms with Gasteiger partial charge in [0.25, 0.3) is 0 Å². The van der Waals surface area contributed by atoms with E-state index in [1.807, 2.05) is 0 Å². The van der Waals surface area contributed by atoms with E-state index in [-0.39, 0.29) is 0 Å². The third kappa shape index (κ3) is 2.48. The molecular weight excluding hydrogens is 224 g/mol. The van der Waals surface area contributed by atoms with Gasteiger partial charge in [0.2, 0.25) is 0 Å². The second kappa shape index (κ2) is 5.65. The molecule has 1 aromatic rings. The van der Waals surface area contributed by atoms with Crippen molar-refractivity contribution in [3.05, 3.63) is 17.6 Å². The fraction of sp³-hybridized carbons (Fsp3) is 0.714. The maximum atomic E-state index is 4.56. The van der Waals surface area contributed by atoms with Crippen LogP contribution in [0.25, 0.3) is 0 Å². The molecule has 2 aliphatic rings. The molecule has 0 amide bonds. The van der Waals surface area contributed by atoms with Crippen LogP contribution in [0.3, 0.4) is 0 Å². The maximum absolute atomic E-state index is 4.56. The summed E-state index contributed by atoms with van der Waals surface area (Å²) >= 11 is 0. The molecule has 0 atom stereocenters. The average molecular weight is 246 g/mol. The quantitative estimate of drug-likeness (QED) is 0.821. The topological polar surface area (TPSA) is 41.1 Å². The van der Waals surface area contributed by atoms with E-state index in [1.54, 1.807) is 6.33 Å². The highest BCUT2D eigenvalue weighted by molar-refractivity contribution is 5.49. The second-order valence-electron chi connectivity index (χ2n) is 5.30. The summed E-state index contributed by atoms with van der Waals surface area (Å²) in [7, 11) is 0. The van der Waals surface area contributed by atoms with Crippen molar-refractivity contribution in [3.8, 4) is 0 Å². The van der Waals surface area contributed by atoms with Crippen LogP contribution in [0.5, 0.6) is 0 Å². The first-order valence-electron chi connectivity index (χ1n) is 7.23. The predicted octanol–water partition coefficient (Wildman–Crippen LogP) is 1.89. The van der Waals surface area contributed by atoms with Crippen molar-refractivity contribution in [2.24, 2.45) is 0 Å². The van der Waals surface area contributed by atoms with Gasteiger partial charge < -0.3 is 10.2 Å². The Bertz CT molecular complexity index is 397. The maximum Gasteiger partial charge on any atom is 0.136 e. The molecule has 4 nitrogen and oxygen atoms in total. The van der Waals surface area contributed by atoms with Crippen LogP contribution in [0.4, 0.5) is 5.82 Å². The Hall–Kier alpha value is -1.16. The standard InChI is InChI=1S/C14H22N4/c1-2-4-8-18(9-5-3-1)14-12-10-15-7-6-13(12)16-11-17-14/h11,15H,1-10H2. The summed E-state index contributed by atoms with van der Waals surface area (Å²) in [5.41, 5.74) is 2.59. The zero-order valence-corrected chi connectivity index (χ0v) is 11.0. The van der Waals surface area contributed by atoms with Gasteiger partial charge in [-0.2, -0.15) is 0 Å². The van der Waals surface area contributed by atoms with Crippen LogP contribution in [-0.2, 0) is 13.0 Å². The van der Waals surface area contributed by atoms with E-state index in [0.717, 1.165) is 32.6 Å². The average Bonchev–Trinajstić information content (AvgIpc) is 2.38. The molecule has 0 aromatic carbocycles. The van der Waals surface area contributed by atoms with Crippen LogP contribution in [0.2, 0.25) is 0 Å². The van der Waals surface area contributed by atoms with Gasteiger partial charge in [-0.1, -0.05) is 19.3 Å². The van der Waals surface area contributed by atoms with Crippen LogP contribution in [0, 0.1) is 0 Å². The number of hydrogen-bond donors (Lipinski definition) is 1. The zero-order chi connectivity index (χ0) is 12.2. The molecule has 2 aliphatic heterocycles. The first-order chi connectivity index (χ1) is 8.95. The Morgan fingerprint density at radius 2 is 1.78 bits per heavy atom. The van der Waals surface area contributed by atoms with Gasteiger partial charge in [-0.25, -0.2) is 9.97 Å². The second-order valence-corrected chi connectivity index (χ2v) is 5.30. The van der Waals surface area contributed by atoms with Crippen molar-refractivity contribution in [1.29, 1.82) is 0 Å². The monoisotopic (exact) mass is 246 g/mol. The van der Waals surface area contributed by atoms with E-state index < -0.39 is 0 Å². The molecule has 0 aliphatic carbocycles. The van der Waals surface area contributed by atoms with Crippen molar-refractivity contribution >= 4 is 5.82 Å². The van der Waals surface area contributed by atoms with E-state index in [9.17, 15) is 0 Å². The fourth-order valence-corrected chi connectivity index (χ4v) is 2.99.